The van der Waals surface area contributed by atoms with Crippen LogP contribution in [0.5, 0.6) is 5.75 Å². The van der Waals surface area contributed by atoms with Gasteiger partial charge in [0.05, 0.1) is 18.9 Å². The molecule has 0 spiro atoms. The van der Waals surface area contributed by atoms with E-state index in [4.69, 9.17) is 4.74 Å². The molecule has 8 nitrogen and oxygen atoms in total. The van der Waals surface area contributed by atoms with Gasteiger partial charge in [0.2, 0.25) is 23.6 Å². The number of fused-ring (bicyclic) bond motifs is 1. The van der Waals surface area contributed by atoms with Gasteiger partial charge in [-0.3, -0.25) is 24.1 Å². The van der Waals surface area contributed by atoms with Crippen molar-refractivity contribution in [2.75, 3.05) is 20.2 Å². The first kappa shape index (κ1) is 25.5. The van der Waals surface area contributed by atoms with Gasteiger partial charge in [0.25, 0.3) is 0 Å². The van der Waals surface area contributed by atoms with Crippen molar-refractivity contribution in [3.8, 4) is 5.75 Å². The Balaban J connectivity index is 1.76. The predicted octanol–water partition coefficient (Wildman–Crippen LogP) is 2.67. The van der Waals surface area contributed by atoms with Crippen LogP contribution in [0.4, 0.5) is 0 Å². The summed E-state index contributed by atoms with van der Waals surface area (Å²) in [4.78, 5) is 54.6. The number of nitrogens with one attached hydrogen (secondary N) is 1. The van der Waals surface area contributed by atoms with E-state index in [2.05, 4.69) is 5.32 Å². The molecule has 1 aliphatic heterocycles. The fourth-order valence-electron chi connectivity index (χ4n) is 4.69. The van der Waals surface area contributed by atoms with Gasteiger partial charge >= 0.3 is 0 Å². The second-order valence-electron chi connectivity index (χ2n) is 8.82. The Morgan fingerprint density at radius 1 is 1.15 bits per heavy atom. The average Bonchev–Trinajstić information content (AvgIpc) is 3.10. The van der Waals surface area contributed by atoms with Gasteiger partial charge in [0, 0.05) is 26.1 Å². The zero-order valence-corrected chi connectivity index (χ0v) is 20.3. The van der Waals surface area contributed by atoms with E-state index in [-0.39, 0.29) is 55.0 Å². The molecule has 1 aromatic carbocycles. The number of ether oxygens (including phenoxy) is 1. The molecule has 3 atom stereocenters. The van der Waals surface area contributed by atoms with Crippen LogP contribution in [0.25, 0.3) is 0 Å². The van der Waals surface area contributed by atoms with Crippen molar-refractivity contribution >= 4 is 23.6 Å². The minimum atomic E-state index is -0.651. The van der Waals surface area contributed by atoms with Crippen molar-refractivity contribution in [1.29, 1.82) is 0 Å². The van der Waals surface area contributed by atoms with Gasteiger partial charge in [-0.05, 0) is 43.4 Å². The normalized spacial score (nSPS) is 20.1. The Labute approximate surface area is 201 Å². The number of benzene rings is 1. The average molecular weight is 470 g/mol. The largest absolute Gasteiger partial charge is 0.497 e. The van der Waals surface area contributed by atoms with Crippen LogP contribution in [0.15, 0.2) is 36.4 Å². The summed E-state index contributed by atoms with van der Waals surface area (Å²) in [5.74, 6) is -0.829. The lowest BCUT2D eigenvalue weighted by Gasteiger charge is -2.31. The number of imide groups is 1. The summed E-state index contributed by atoms with van der Waals surface area (Å²) in [7, 11) is 1.58. The third-order valence-corrected chi connectivity index (χ3v) is 6.57. The van der Waals surface area contributed by atoms with Crippen molar-refractivity contribution in [2.45, 2.75) is 58.5 Å². The molecular weight excluding hydrogens is 434 g/mol. The molecule has 1 aromatic rings. The summed E-state index contributed by atoms with van der Waals surface area (Å²) in [6.45, 7) is 4.63. The van der Waals surface area contributed by atoms with E-state index >= 15 is 0 Å². The zero-order valence-electron chi connectivity index (χ0n) is 20.3. The molecule has 34 heavy (non-hydrogen) atoms. The maximum atomic E-state index is 13.4. The lowest BCUT2D eigenvalue weighted by atomic mass is 9.85. The standard InChI is InChI=1S/C26H35N3O5/c1-4-14-27-24(31)22(5-2)29(17-18-9-8-10-19(16-18)34-3)23(30)13-15-28-25(32)20-11-6-7-12-21(20)26(28)33/h6-10,16,20-22H,4-5,11-15,17H2,1-3H3,(H,27,31)/t20-,21+,22?. The zero-order chi connectivity index (χ0) is 24.7. The van der Waals surface area contributed by atoms with E-state index in [9.17, 15) is 19.2 Å². The summed E-state index contributed by atoms with van der Waals surface area (Å²) in [5.41, 5.74) is 0.833. The van der Waals surface area contributed by atoms with Crippen molar-refractivity contribution < 1.29 is 23.9 Å². The Morgan fingerprint density at radius 2 is 1.82 bits per heavy atom. The molecule has 4 amide bonds. The second kappa shape index (κ2) is 11.8. The molecule has 0 radical (unpaired) electrons. The lowest BCUT2D eigenvalue weighted by Crippen LogP contribution is -2.49. The fraction of sp³-hybridized carbons (Fsp3) is 0.538. The number of hydrogen-bond acceptors (Lipinski definition) is 5. The molecule has 1 saturated heterocycles. The van der Waals surface area contributed by atoms with Crippen LogP contribution >= 0.6 is 0 Å². The Hall–Kier alpha value is -3.16. The number of carbonyl (C=O) groups is 4. The van der Waals surface area contributed by atoms with Gasteiger partial charge in [-0.2, -0.15) is 0 Å². The Kier molecular flexibility index (Phi) is 8.85. The van der Waals surface area contributed by atoms with Gasteiger partial charge in [-0.15, -0.1) is 0 Å². The molecule has 1 aliphatic carbocycles. The summed E-state index contributed by atoms with van der Waals surface area (Å²) < 4.78 is 5.30. The maximum absolute atomic E-state index is 13.4. The van der Waals surface area contributed by atoms with Crippen molar-refractivity contribution in [2.24, 2.45) is 11.8 Å². The number of methoxy groups -OCH3 is 1. The molecule has 1 heterocycles. The second-order valence-corrected chi connectivity index (χ2v) is 8.82. The number of nitrogens with zero attached hydrogens (tertiary/aromatic N) is 2. The highest BCUT2D eigenvalue weighted by molar-refractivity contribution is 6.05. The third-order valence-electron chi connectivity index (χ3n) is 6.57. The van der Waals surface area contributed by atoms with Crippen molar-refractivity contribution in [1.82, 2.24) is 15.1 Å². The van der Waals surface area contributed by atoms with E-state index in [1.54, 1.807) is 12.0 Å². The molecule has 1 fully saturated rings. The van der Waals surface area contributed by atoms with Crippen LogP contribution in [0.3, 0.4) is 0 Å². The van der Waals surface area contributed by atoms with Gasteiger partial charge in [-0.1, -0.05) is 38.1 Å². The Bertz CT molecular complexity index is 918. The van der Waals surface area contributed by atoms with E-state index in [0.717, 1.165) is 12.0 Å². The molecule has 0 bridgehead atoms. The van der Waals surface area contributed by atoms with E-state index in [1.807, 2.05) is 50.3 Å². The first-order valence-corrected chi connectivity index (χ1v) is 12.1. The lowest BCUT2D eigenvalue weighted by molar-refractivity contribution is -0.144. The van der Waals surface area contributed by atoms with Crippen LogP contribution < -0.4 is 10.1 Å². The number of amides is 4. The molecule has 0 saturated carbocycles. The molecule has 2 aliphatic rings. The van der Waals surface area contributed by atoms with Gasteiger partial charge in [0.15, 0.2) is 0 Å². The van der Waals surface area contributed by atoms with Crippen molar-refractivity contribution in [3.63, 3.8) is 0 Å². The molecule has 8 heteroatoms. The summed E-state index contributed by atoms with van der Waals surface area (Å²) in [6.07, 6.45) is 6.24. The number of allylic oxidation sites excluding steroid dienone is 2. The maximum Gasteiger partial charge on any atom is 0.242 e. The minimum absolute atomic E-state index is 0.0219. The summed E-state index contributed by atoms with van der Waals surface area (Å²) in [6, 6.07) is 6.72. The van der Waals surface area contributed by atoms with E-state index in [0.29, 0.717) is 31.6 Å². The van der Waals surface area contributed by atoms with Crippen LogP contribution in [0.1, 0.15) is 51.5 Å². The number of hydrogen-bond donors (Lipinski definition) is 1. The van der Waals surface area contributed by atoms with Gasteiger partial charge in [0.1, 0.15) is 11.8 Å². The summed E-state index contributed by atoms with van der Waals surface area (Å²) >= 11 is 0. The van der Waals surface area contributed by atoms with Crippen LogP contribution in [0, 0.1) is 11.8 Å². The molecule has 1 N–H and O–H groups in total. The number of likely N-dealkylation sites (tertiary alicyclic amines) is 1. The first-order chi connectivity index (χ1) is 16.4. The topological polar surface area (TPSA) is 96.0 Å². The molecule has 1 unspecified atom stereocenters. The first-order valence-electron chi connectivity index (χ1n) is 12.1. The Morgan fingerprint density at radius 3 is 2.41 bits per heavy atom. The molecule has 0 aromatic heterocycles. The van der Waals surface area contributed by atoms with Gasteiger partial charge in [-0.25, -0.2) is 0 Å². The highest BCUT2D eigenvalue weighted by atomic mass is 16.5. The smallest absolute Gasteiger partial charge is 0.242 e. The number of carbonyl (C=O) groups excluding carboxylic acids is 4. The molecule has 3 rings (SSSR count). The molecule has 184 valence electrons. The van der Waals surface area contributed by atoms with Crippen LogP contribution in [-0.4, -0.2) is 59.7 Å². The van der Waals surface area contributed by atoms with Crippen LogP contribution in [-0.2, 0) is 25.7 Å². The highest BCUT2D eigenvalue weighted by Crippen LogP contribution is 2.35. The van der Waals surface area contributed by atoms with E-state index in [1.165, 1.54) is 4.90 Å². The fourth-order valence-corrected chi connectivity index (χ4v) is 4.69. The van der Waals surface area contributed by atoms with Gasteiger partial charge < -0.3 is 15.0 Å². The van der Waals surface area contributed by atoms with Crippen LogP contribution in [0.2, 0.25) is 0 Å². The highest BCUT2D eigenvalue weighted by Gasteiger charge is 2.47. The third kappa shape index (κ3) is 5.66. The molecular formula is C26H35N3O5. The quantitative estimate of drug-likeness (QED) is 0.397. The van der Waals surface area contributed by atoms with E-state index < -0.39 is 6.04 Å². The SMILES string of the molecule is CCCNC(=O)C(CC)N(Cc1cccc(OC)c1)C(=O)CCN1C(=O)[C@H]2CC=CC[C@H]2C1=O. The minimum Gasteiger partial charge on any atom is -0.497 e. The monoisotopic (exact) mass is 469 g/mol. The van der Waals surface area contributed by atoms with Crippen molar-refractivity contribution in [3.05, 3.63) is 42.0 Å². The predicted molar refractivity (Wildman–Crippen MR) is 128 cm³/mol. The summed E-state index contributed by atoms with van der Waals surface area (Å²) in [5, 5.41) is 2.89. The number of rotatable bonds is 11.